The van der Waals surface area contributed by atoms with E-state index < -0.39 is 0 Å². The van der Waals surface area contributed by atoms with E-state index in [-0.39, 0.29) is 6.04 Å². The van der Waals surface area contributed by atoms with Gasteiger partial charge in [-0.3, -0.25) is 4.90 Å². The monoisotopic (exact) mass is 231 g/mol. The molecule has 0 amide bonds. The molecule has 1 aliphatic heterocycles. The summed E-state index contributed by atoms with van der Waals surface area (Å²) >= 11 is 0. The number of benzene rings is 1. The van der Waals surface area contributed by atoms with Gasteiger partial charge in [-0.2, -0.15) is 0 Å². The summed E-state index contributed by atoms with van der Waals surface area (Å²) in [6.07, 6.45) is 4.54. The van der Waals surface area contributed by atoms with Crippen LogP contribution in [0.5, 0.6) is 0 Å². The van der Waals surface area contributed by atoms with Crippen LogP contribution < -0.4 is 0 Å². The normalized spacial score (nSPS) is 21.4. The molecule has 0 aromatic heterocycles. The molecule has 1 fully saturated rings. The summed E-state index contributed by atoms with van der Waals surface area (Å²) < 4.78 is 0. The SMILES string of the molecule is Cc1cccc(C)c1CN1CCCCC1C=O. The molecule has 92 valence electrons. The van der Waals surface area contributed by atoms with E-state index in [4.69, 9.17) is 0 Å². The smallest absolute Gasteiger partial charge is 0.137 e. The molecule has 0 bridgehead atoms. The molecule has 2 rings (SSSR count). The number of hydrogen-bond donors (Lipinski definition) is 0. The molecule has 0 N–H and O–H groups in total. The van der Waals surface area contributed by atoms with Crippen LogP contribution in [0.15, 0.2) is 18.2 Å². The van der Waals surface area contributed by atoms with E-state index in [1.165, 1.54) is 29.5 Å². The van der Waals surface area contributed by atoms with E-state index in [1.54, 1.807) is 0 Å². The van der Waals surface area contributed by atoms with Crippen molar-refractivity contribution in [1.82, 2.24) is 4.90 Å². The maximum absolute atomic E-state index is 11.1. The van der Waals surface area contributed by atoms with Crippen LogP contribution in [0.25, 0.3) is 0 Å². The fourth-order valence-corrected chi connectivity index (χ4v) is 2.67. The first-order valence-corrected chi connectivity index (χ1v) is 6.47. The van der Waals surface area contributed by atoms with Crippen LogP contribution in [0.3, 0.4) is 0 Å². The second kappa shape index (κ2) is 5.46. The third-order valence-electron chi connectivity index (χ3n) is 3.83. The Labute approximate surface area is 104 Å². The summed E-state index contributed by atoms with van der Waals surface area (Å²) in [5, 5.41) is 0. The second-order valence-corrected chi connectivity index (χ2v) is 5.04. The zero-order chi connectivity index (χ0) is 12.3. The summed E-state index contributed by atoms with van der Waals surface area (Å²) in [5.74, 6) is 0. The first-order valence-electron chi connectivity index (χ1n) is 6.47. The lowest BCUT2D eigenvalue weighted by molar-refractivity contribution is -0.113. The highest BCUT2D eigenvalue weighted by Gasteiger charge is 2.22. The summed E-state index contributed by atoms with van der Waals surface area (Å²) in [4.78, 5) is 13.4. The maximum Gasteiger partial charge on any atom is 0.137 e. The van der Waals surface area contributed by atoms with Gasteiger partial charge in [-0.1, -0.05) is 24.6 Å². The van der Waals surface area contributed by atoms with Crippen molar-refractivity contribution in [2.75, 3.05) is 6.54 Å². The van der Waals surface area contributed by atoms with Gasteiger partial charge < -0.3 is 4.79 Å². The van der Waals surface area contributed by atoms with Crippen LogP contribution in [0.2, 0.25) is 0 Å². The quantitative estimate of drug-likeness (QED) is 0.746. The Hall–Kier alpha value is -1.15. The molecule has 17 heavy (non-hydrogen) atoms. The average molecular weight is 231 g/mol. The van der Waals surface area contributed by atoms with Crippen LogP contribution >= 0.6 is 0 Å². The number of aldehydes is 1. The molecule has 1 aliphatic rings. The Bertz CT molecular complexity index is 380. The van der Waals surface area contributed by atoms with Crippen LogP contribution in [-0.2, 0) is 11.3 Å². The number of rotatable bonds is 3. The fourth-order valence-electron chi connectivity index (χ4n) is 2.67. The molecular formula is C15H21NO. The number of nitrogens with zero attached hydrogens (tertiary/aromatic N) is 1. The van der Waals surface area contributed by atoms with E-state index in [0.717, 1.165) is 25.8 Å². The standard InChI is InChI=1S/C15H21NO/c1-12-6-5-7-13(2)15(12)10-16-9-4-3-8-14(16)11-17/h5-7,11,14H,3-4,8-10H2,1-2H3. The second-order valence-electron chi connectivity index (χ2n) is 5.04. The largest absolute Gasteiger partial charge is 0.302 e. The molecule has 2 heteroatoms. The average Bonchev–Trinajstić information content (AvgIpc) is 2.34. The molecule has 0 spiro atoms. The summed E-state index contributed by atoms with van der Waals surface area (Å²) in [7, 11) is 0. The van der Waals surface area contributed by atoms with E-state index in [0.29, 0.717) is 0 Å². The lowest BCUT2D eigenvalue weighted by Crippen LogP contribution is -2.40. The zero-order valence-electron chi connectivity index (χ0n) is 10.8. The third kappa shape index (κ3) is 2.75. The number of likely N-dealkylation sites (tertiary alicyclic amines) is 1. The van der Waals surface area contributed by atoms with Crippen LogP contribution in [-0.4, -0.2) is 23.8 Å². The van der Waals surface area contributed by atoms with Gasteiger partial charge in [0.15, 0.2) is 0 Å². The summed E-state index contributed by atoms with van der Waals surface area (Å²) in [5.41, 5.74) is 4.06. The molecule has 0 aliphatic carbocycles. The number of carbonyl (C=O) groups excluding carboxylic acids is 1. The van der Waals surface area contributed by atoms with Gasteiger partial charge in [0.2, 0.25) is 0 Å². The molecule has 1 heterocycles. The van der Waals surface area contributed by atoms with Crippen molar-refractivity contribution < 1.29 is 4.79 Å². The molecule has 1 atom stereocenters. The first-order chi connectivity index (χ1) is 8.22. The molecular weight excluding hydrogens is 210 g/mol. The van der Waals surface area contributed by atoms with Crippen LogP contribution in [0.1, 0.15) is 36.0 Å². The Morgan fingerprint density at radius 3 is 2.65 bits per heavy atom. The maximum atomic E-state index is 11.1. The van der Waals surface area contributed by atoms with Crippen molar-refractivity contribution in [1.29, 1.82) is 0 Å². The van der Waals surface area contributed by atoms with Gasteiger partial charge in [-0.25, -0.2) is 0 Å². The van der Waals surface area contributed by atoms with Crippen molar-refractivity contribution in [2.24, 2.45) is 0 Å². The third-order valence-corrected chi connectivity index (χ3v) is 3.83. The van der Waals surface area contributed by atoms with Gasteiger partial charge in [0.05, 0.1) is 6.04 Å². The number of carbonyl (C=O) groups is 1. The Balaban J connectivity index is 2.16. The molecule has 0 saturated carbocycles. The number of hydrogen-bond acceptors (Lipinski definition) is 2. The van der Waals surface area contributed by atoms with Gasteiger partial charge in [-0.05, 0) is 49.9 Å². The van der Waals surface area contributed by atoms with E-state index in [9.17, 15) is 4.79 Å². The lowest BCUT2D eigenvalue weighted by atomic mass is 9.98. The van der Waals surface area contributed by atoms with Gasteiger partial charge >= 0.3 is 0 Å². The van der Waals surface area contributed by atoms with Gasteiger partial charge in [0.1, 0.15) is 6.29 Å². The predicted octanol–water partition coefficient (Wildman–Crippen LogP) is 2.86. The Morgan fingerprint density at radius 1 is 1.29 bits per heavy atom. The van der Waals surface area contributed by atoms with E-state index >= 15 is 0 Å². The molecule has 1 aromatic carbocycles. The topological polar surface area (TPSA) is 20.3 Å². The molecule has 0 radical (unpaired) electrons. The van der Waals surface area contributed by atoms with Crippen molar-refractivity contribution in [3.05, 3.63) is 34.9 Å². The highest BCUT2D eigenvalue weighted by Crippen LogP contribution is 2.21. The minimum atomic E-state index is 0.128. The van der Waals surface area contributed by atoms with Crippen LogP contribution in [0.4, 0.5) is 0 Å². The minimum absolute atomic E-state index is 0.128. The van der Waals surface area contributed by atoms with Gasteiger partial charge in [0, 0.05) is 6.54 Å². The highest BCUT2D eigenvalue weighted by molar-refractivity contribution is 5.57. The Kier molecular flexibility index (Phi) is 3.95. The lowest BCUT2D eigenvalue weighted by Gasteiger charge is -2.33. The zero-order valence-corrected chi connectivity index (χ0v) is 10.8. The van der Waals surface area contributed by atoms with Crippen LogP contribution in [0, 0.1) is 13.8 Å². The van der Waals surface area contributed by atoms with Gasteiger partial charge in [-0.15, -0.1) is 0 Å². The minimum Gasteiger partial charge on any atom is -0.302 e. The summed E-state index contributed by atoms with van der Waals surface area (Å²) in [6, 6.07) is 6.54. The first kappa shape index (κ1) is 12.3. The van der Waals surface area contributed by atoms with Crippen molar-refractivity contribution in [3.63, 3.8) is 0 Å². The van der Waals surface area contributed by atoms with Crippen molar-refractivity contribution >= 4 is 6.29 Å². The molecule has 2 nitrogen and oxygen atoms in total. The number of aryl methyl sites for hydroxylation is 2. The molecule has 1 saturated heterocycles. The molecule has 1 aromatic rings. The fraction of sp³-hybridized carbons (Fsp3) is 0.533. The molecule has 1 unspecified atom stereocenters. The van der Waals surface area contributed by atoms with Gasteiger partial charge in [0.25, 0.3) is 0 Å². The van der Waals surface area contributed by atoms with E-state index in [2.05, 4.69) is 36.9 Å². The number of piperidine rings is 1. The van der Waals surface area contributed by atoms with Crippen molar-refractivity contribution in [2.45, 2.75) is 45.7 Å². The van der Waals surface area contributed by atoms with Crippen molar-refractivity contribution in [3.8, 4) is 0 Å². The Morgan fingerprint density at radius 2 is 2.00 bits per heavy atom. The summed E-state index contributed by atoms with van der Waals surface area (Å²) in [6.45, 7) is 6.28. The predicted molar refractivity (Wildman–Crippen MR) is 70.0 cm³/mol. The highest BCUT2D eigenvalue weighted by atomic mass is 16.1. The van der Waals surface area contributed by atoms with E-state index in [1.807, 2.05) is 0 Å².